The highest BCUT2D eigenvalue weighted by molar-refractivity contribution is 7.58. The van der Waals surface area contributed by atoms with Crippen molar-refractivity contribution < 1.29 is 23.0 Å². The lowest BCUT2D eigenvalue weighted by Crippen LogP contribution is -2.25. The van der Waals surface area contributed by atoms with Crippen LogP contribution in [0.5, 0.6) is 0 Å². The van der Waals surface area contributed by atoms with Crippen LogP contribution in [0.25, 0.3) is 16.2 Å². The fourth-order valence-electron chi connectivity index (χ4n) is 2.78. The summed E-state index contributed by atoms with van der Waals surface area (Å²) in [6.45, 7) is 1.10. The maximum atomic E-state index is 13.7. The fourth-order valence-corrected chi connectivity index (χ4v) is 5.26. The molecule has 0 saturated carbocycles. The monoisotopic (exact) mass is 441 g/mol. The van der Waals surface area contributed by atoms with E-state index in [9.17, 15) is 23.0 Å². The molecule has 0 aliphatic heterocycles. The average molecular weight is 442 g/mol. The largest absolute Gasteiger partial charge is 0.344 e. The number of hydrogen-bond donors (Lipinski definition) is 2. The lowest BCUT2D eigenvalue weighted by Gasteiger charge is -2.18. The number of hydrogen-bond acceptors (Lipinski definition) is 3. The van der Waals surface area contributed by atoms with Crippen LogP contribution in [-0.4, -0.2) is 17.5 Å². The van der Waals surface area contributed by atoms with E-state index in [2.05, 4.69) is 5.32 Å². The van der Waals surface area contributed by atoms with Crippen molar-refractivity contribution in [1.29, 1.82) is 0 Å². The summed E-state index contributed by atoms with van der Waals surface area (Å²) in [6.07, 6.45) is 2.29. The first kappa shape index (κ1) is 20.7. The van der Waals surface area contributed by atoms with E-state index in [4.69, 9.17) is 11.6 Å². The average Bonchev–Trinajstić information content (AvgIpc) is 2.99. The van der Waals surface area contributed by atoms with Crippen LogP contribution in [-0.2, 0) is 9.36 Å². The SMILES string of the molecule is CP(=O)(O)C(C(=O)N/C=C/c1cc(F)ccc1F)c1csc2ccc(Cl)cc12. The maximum absolute atomic E-state index is 13.7. The summed E-state index contributed by atoms with van der Waals surface area (Å²) in [5.74, 6) is -2.02. The third-order valence-electron chi connectivity index (χ3n) is 4.03. The van der Waals surface area contributed by atoms with Crippen molar-refractivity contribution in [3.8, 4) is 0 Å². The van der Waals surface area contributed by atoms with Crippen molar-refractivity contribution in [2.24, 2.45) is 0 Å². The molecular formula is C19H15ClF2NO3PS. The number of fused-ring (bicyclic) bond motifs is 1. The van der Waals surface area contributed by atoms with Gasteiger partial charge in [-0.25, -0.2) is 8.78 Å². The normalized spacial score (nSPS) is 14.9. The van der Waals surface area contributed by atoms with Crippen LogP contribution in [0.2, 0.25) is 5.02 Å². The van der Waals surface area contributed by atoms with Crippen molar-refractivity contribution in [2.75, 3.05) is 6.66 Å². The van der Waals surface area contributed by atoms with Gasteiger partial charge in [0.05, 0.1) is 0 Å². The first-order chi connectivity index (χ1) is 13.2. The molecule has 0 fully saturated rings. The molecule has 0 aliphatic rings. The molecule has 3 rings (SSSR count). The molecule has 0 saturated heterocycles. The zero-order valence-electron chi connectivity index (χ0n) is 14.5. The Hall–Kier alpha value is -2.05. The van der Waals surface area contributed by atoms with Gasteiger partial charge in [0.15, 0.2) is 0 Å². The van der Waals surface area contributed by atoms with Crippen LogP contribution in [0, 0.1) is 11.6 Å². The lowest BCUT2D eigenvalue weighted by atomic mass is 10.1. The minimum Gasteiger partial charge on any atom is -0.344 e. The van der Waals surface area contributed by atoms with Gasteiger partial charge in [-0.1, -0.05) is 11.6 Å². The highest BCUT2D eigenvalue weighted by Crippen LogP contribution is 2.54. The Bertz CT molecular complexity index is 1130. The molecule has 4 nitrogen and oxygen atoms in total. The lowest BCUT2D eigenvalue weighted by molar-refractivity contribution is -0.120. The predicted molar refractivity (Wildman–Crippen MR) is 109 cm³/mol. The Labute approximate surface area is 168 Å². The zero-order valence-corrected chi connectivity index (χ0v) is 17.0. The van der Waals surface area contributed by atoms with Gasteiger partial charge in [-0.05, 0) is 58.8 Å². The van der Waals surface area contributed by atoms with Gasteiger partial charge in [-0.2, -0.15) is 0 Å². The van der Waals surface area contributed by atoms with E-state index in [1.54, 1.807) is 23.6 Å². The molecule has 9 heteroatoms. The summed E-state index contributed by atoms with van der Waals surface area (Å²) in [4.78, 5) is 22.8. The molecule has 146 valence electrons. The van der Waals surface area contributed by atoms with Crippen molar-refractivity contribution >= 4 is 52.4 Å². The van der Waals surface area contributed by atoms with Gasteiger partial charge in [0.25, 0.3) is 0 Å². The number of benzene rings is 2. The van der Waals surface area contributed by atoms with E-state index >= 15 is 0 Å². The standard InChI is InChI=1S/C19H15ClF2NO3PS/c1-27(25,26)18(15-10-28-17-5-2-12(20)9-14(15)17)19(24)23-7-6-11-8-13(21)3-4-16(11)22/h2-10,18H,1H3,(H,23,24)(H,25,26)/b7-6+. The Balaban J connectivity index is 1.91. The molecule has 2 N–H and O–H groups in total. The van der Waals surface area contributed by atoms with Gasteiger partial charge < -0.3 is 10.2 Å². The van der Waals surface area contributed by atoms with Crippen LogP contribution in [0.3, 0.4) is 0 Å². The Kier molecular flexibility index (Phi) is 6.01. The number of halogens is 3. The molecule has 2 aromatic carbocycles. The molecule has 0 aliphatic carbocycles. The van der Waals surface area contributed by atoms with Crippen LogP contribution in [0.1, 0.15) is 16.8 Å². The van der Waals surface area contributed by atoms with Crippen LogP contribution in [0.4, 0.5) is 8.78 Å². The molecule has 2 atom stereocenters. The van der Waals surface area contributed by atoms with E-state index in [1.807, 2.05) is 0 Å². The first-order valence-corrected chi connectivity index (χ1v) is 11.5. The Morgan fingerprint density at radius 3 is 2.75 bits per heavy atom. The molecule has 0 bridgehead atoms. The van der Waals surface area contributed by atoms with Crippen molar-refractivity contribution in [3.05, 3.63) is 75.8 Å². The summed E-state index contributed by atoms with van der Waals surface area (Å²) in [5.41, 5.74) is -1.01. The second kappa shape index (κ2) is 8.13. The van der Waals surface area contributed by atoms with Crippen molar-refractivity contribution in [2.45, 2.75) is 5.66 Å². The fraction of sp³-hybridized carbons (Fsp3) is 0.105. The van der Waals surface area contributed by atoms with E-state index in [0.717, 1.165) is 35.8 Å². The van der Waals surface area contributed by atoms with Gasteiger partial charge >= 0.3 is 0 Å². The van der Waals surface area contributed by atoms with Crippen molar-refractivity contribution in [1.82, 2.24) is 5.32 Å². The van der Waals surface area contributed by atoms with Crippen LogP contribution >= 0.6 is 30.3 Å². The van der Waals surface area contributed by atoms with Crippen LogP contribution < -0.4 is 5.32 Å². The van der Waals surface area contributed by atoms with E-state index in [-0.39, 0.29) is 5.56 Å². The maximum Gasteiger partial charge on any atom is 0.241 e. The summed E-state index contributed by atoms with van der Waals surface area (Å²) in [5, 5.41) is 5.09. The van der Waals surface area contributed by atoms with E-state index < -0.39 is 30.6 Å². The molecular weight excluding hydrogens is 427 g/mol. The molecule has 1 amide bonds. The molecule has 2 unspecified atom stereocenters. The molecule has 28 heavy (non-hydrogen) atoms. The van der Waals surface area contributed by atoms with Crippen molar-refractivity contribution in [3.63, 3.8) is 0 Å². The van der Waals surface area contributed by atoms with Gasteiger partial charge in [0.2, 0.25) is 13.3 Å². The summed E-state index contributed by atoms with van der Waals surface area (Å²) in [6, 6.07) is 8.02. The minimum absolute atomic E-state index is 0.0618. The quantitative estimate of drug-likeness (QED) is 0.509. The third kappa shape index (κ3) is 4.50. The number of nitrogens with one attached hydrogen (secondary N) is 1. The second-order valence-electron chi connectivity index (χ2n) is 6.19. The Morgan fingerprint density at radius 1 is 1.29 bits per heavy atom. The van der Waals surface area contributed by atoms with Gasteiger partial charge in [0, 0.05) is 28.2 Å². The van der Waals surface area contributed by atoms with E-state index in [1.165, 1.54) is 17.4 Å². The van der Waals surface area contributed by atoms with E-state index in [0.29, 0.717) is 16.0 Å². The number of carbonyl (C=O) groups excluding carboxylic acids is 1. The number of carbonyl (C=O) groups is 1. The molecule has 3 aromatic rings. The molecule has 1 aromatic heterocycles. The highest BCUT2D eigenvalue weighted by atomic mass is 35.5. The smallest absolute Gasteiger partial charge is 0.241 e. The molecule has 0 radical (unpaired) electrons. The molecule has 0 spiro atoms. The molecule has 1 heterocycles. The third-order valence-corrected chi connectivity index (χ3v) is 6.72. The van der Waals surface area contributed by atoms with Crippen LogP contribution in [0.15, 0.2) is 48.0 Å². The zero-order chi connectivity index (χ0) is 20.5. The van der Waals surface area contributed by atoms with Gasteiger partial charge in [0.1, 0.15) is 17.3 Å². The minimum atomic E-state index is -3.89. The predicted octanol–water partition coefficient (Wildman–Crippen LogP) is 5.56. The van der Waals surface area contributed by atoms with Gasteiger partial charge in [-0.3, -0.25) is 9.36 Å². The number of rotatable bonds is 5. The number of amides is 1. The summed E-state index contributed by atoms with van der Waals surface area (Å²) < 4.78 is 40.1. The summed E-state index contributed by atoms with van der Waals surface area (Å²) in [7, 11) is -3.89. The highest BCUT2D eigenvalue weighted by Gasteiger charge is 2.36. The Morgan fingerprint density at radius 2 is 2.04 bits per heavy atom. The number of thiophene rings is 1. The second-order valence-corrected chi connectivity index (χ2v) is 9.94. The first-order valence-electron chi connectivity index (χ1n) is 8.05. The topological polar surface area (TPSA) is 66.4 Å². The summed E-state index contributed by atoms with van der Waals surface area (Å²) >= 11 is 7.35. The van der Waals surface area contributed by atoms with Gasteiger partial charge in [-0.15, -0.1) is 11.3 Å².